The molecule has 0 unspecified atom stereocenters. The van der Waals surface area contributed by atoms with Gasteiger partial charge >= 0.3 is 24.0 Å². The number of aromatic nitrogens is 1. The summed E-state index contributed by atoms with van der Waals surface area (Å²) in [6, 6.07) is 2.29. The lowest BCUT2D eigenvalue weighted by Crippen LogP contribution is -2.54. The second-order valence-corrected chi connectivity index (χ2v) is 3.59. The van der Waals surface area contributed by atoms with Crippen molar-refractivity contribution in [2.24, 2.45) is 0 Å². The molecule has 0 fully saturated rings. The number of nitrogens with zero attached hydrogens (tertiary/aromatic N) is 1. The van der Waals surface area contributed by atoms with E-state index in [0.29, 0.717) is 0 Å². The third kappa shape index (κ3) is 3.17. The third-order valence-corrected chi connectivity index (χ3v) is 2.10. The number of esters is 1. The van der Waals surface area contributed by atoms with Crippen molar-refractivity contribution in [3.05, 3.63) is 30.1 Å². The fraction of sp³-hybridized carbons (Fsp3) is 0.400. The first-order valence-corrected chi connectivity index (χ1v) is 4.88. The molecule has 0 spiro atoms. The Morgan fingerprint density at radius 2 is 1.75 bits per heavy atom. The van der Waals surface area contributed by atoms with Gasteiger partial charge in [0, 0.05) is 12.4 Å². The van der Waals surface area contributed by atoms with Gasteiger partial charge < -0.3 is 4.74 Å². The molecule has 0 amide bonds. The molecular formula is C10H6F7NO2. The zero-order valence-electron chi connectivity index (χ0n) is 9.43. The van der Waals surface area contributed by atoms with Crippen LogP contribution >= 0.6 is 0 Å². The highest BCUT2D eigenvalue weighted by molar-refractivity contribution is 5.88. The predicted octanol–water partition coefficient (Wildman–Crippen LogP) is 3.07. The van der Waals surface area contributed by atoms with E-state index in [1.165, 1.54) is 12.3 Å². The molecule has 3 nitrogen and oxygen atoms in total. The summed E-state index contributed by atoms with van der Waals surface area (Å²) < 4.78 is 89.7. The minimum Gasteiger partial charge on any atom is -0.455 e. The van der Waals surface area contributed by atoms with Gasteiger partial charge in [-0.05, 0) is 12.1 Å². The molecule has 1 aromatic rings. The van der Waals surface area contributed by atoms with Gasteiger partial charge in [-0.15, -0.1) is 0 Å². The number of halogens is 7. The molecule has 0 aliphatic rings. The van der Waals surface area contributed by atoms with Crippen LogP contribution in [0.2, 0.25) is 0 Å². The molecule has 0 aliphatic carbocycles. The molecule has 20 heavy (non-hydrogen) atoms. The first-order chi connectivity index (χ1) is 8.99. The lowest BCUT2D eigenvalue weighted by Gasteiger charge is -2.27. The summed E-state index contributed by atoms with van der Waals surface area (Å²) in [5.41, 5.74) is -0.362. The van der Waals surface area contributed by atoms with Crippen molar-refractivity contribution >= 4 is 5.97 Å². The minimum absolute atomic E-state index is 0.362. The Labute approximate surface area is 107 Å². The maximum atomic E-state index is 12.8. The summed E-state index contributed by atoms with van der Waals surface area (Å²) >= 11 is 0. The van der Waals surface area contributed by atoms with Gasteiger partial charge in [-0.1, -0.05) is 0 Å². The second kappa shape index (κ2) is 5.25. The number of pyridine rings is 1. The molecule has 0 bridgehead atoms. The minimum atomic E-state index is -6.46. The van der Waals surface area contributed by atoms with E-state index in [2.05, 4.69) is 9.72 Å². The van der Waals surface area contributed by atoms with Crippen molar-refractivity contribution in [1.29, 1.82) is 0 Å². The second-order valence-electron chi connectivity index (χ2n) is 3.59. The predicted molar refractivity (Wildman–Crippen MR) is 50.5 cm³/mol. The van der Waals surface area contributed by atoms with Crippen molar-refractivity contribution in [3.63, 3.8) is 0 Å². The van der Waals surface area contributed by atoms with Gasteiger partial charge in [-0.2, -0.15) is 30.7 Å². The van der Waals surface area contributed by atoms with Crippen LogP contribution in [0.3, 0.4) is 0 Å². The van der Waals surface area contributed by atoms with E-state index >= 15 is 0 Å². The maximum absolute atomic E-state index is 12.8. The number of carbonyl (C=O) groups excluding carboxylic acids is 1. The van der Waals surface area contributed by atoms with Crippen LogP contribution in [-0.2, 0) is 4.74 Å². The number of carbonyl (C=O) groups is 1. The van der Waals surface area contributed by atoms with Crippen LogP contribution in [0.1, 0.15) is 10.4 Å². The van der Waals surface area contributed by atoms with Gasteiger partial charge in [0.05, 0.1) is 5.56 Å². The van der Waals surface area contributed by atoms with Gasteiger partial charge in [0.2, 0.25) is 0 Å². The van der Waals surface area contributed by atoms with Crippen LogP contribution in [0, 0.1) is 0 Å². The topological polar surface area (TPSA) is 39.2 Å². The molecule has 1 aromatic heterocycles. The van der Waals surface area contributed by atoms with Crippen LogP contribution in [0.25, 0.3) is 0 Å². The summed E-state index contributed by atoms with van der Waals surface area (Å²) in [6.07, 6.45) is -4.36. The van der Waals surface area contributed by atoms with Gasteiger partial charge in [0.1, 0.15) is 0 Å². The molecule has 1 rings (SSSR count). The monoisotopic (exact) mass is 305 g/mol. The van der Waals surface area contributed by atoms with Crippen molar-refractivity contribution < 1.29 is 40.3 Å². The van der Waals surface area contributed by atoms with E-state index in [1.807, 2.05) is 0 Å². The van der Waals surface area contributed by atoms with Crippen molar-refractivity contribution in [1.82, 2.24) is 4.98 Å². The zero-order valence-corrected chi connectivity index (χ0v) is 9.43. The Morgan fingerprint density at radius 1 is 1.15 bits per heavy atom. The zero-order chi connectivity index (χ0) is 15.6. The van der Waals surface area contributed by atoms with Crippen LogP contribution < -0.4 is 0 Å². The Morgan fingerprint density at radius 3 is 2.20 bits per heavy atom. The van der Waals surface area contributed by atoms with E-state index in [1.54, 1.807) is 0 Å². The number of rotatable bonds is 4. The standard InChI is InChI=1S/C10H6F7NO2/c11-8(12,9(13,14)10(15,16)17)5-20-7(19)6-2-1-3-18-4-6/h1-4H,5H2. The molecular weight excluding hydrogens is 299 g/mol. The summed E-state index contributed by atoms with van der Waals surface area (Å²) in [6.45, 7) is -2.41. The average Bonchev–Trinajstić information content (AvgIpc) is 2.35. The van der Waals surface area contributed by atoms with Crippen LogP contribution in [0.4, 0.5) is 30.7 Å². The van der Waals surface area contributed by atoms with Gasteiger partial charge in [-0.3, -0.25) is 4.98 Å². The highest BCUT2D eigenvalue weighted by Gasteiger charge is 2.73. The Balaban J connectivity index is 2.76. The molecule has 0 saturated carbocycles. The van der Waals surface area contributed by atoms with Gasteiger partial charge in [-0.25, -0.2) is 4.79 Å². The van der Waals surface area contributed by atoms with E-state index in [-0.39, 0.29) is 5.56 Å². The fourth-order valence-corrected chi connectivity index (χ4v) is 1.02. The van der Waals surface area contributed by atoms with Gasteiger partial charge in [0.15, 0.2) is 6.61 Å². The smallest absolute Gasteiger partial charge is 0.455 e. The van der Waals surface area contributed by atoms with Gasteiger partial charge in [0.25, 0.3) is 0 Å². The van der Waals surface area contributed by atoms with E-state index < -0.39 is 30.6 Å². The van der Waals surface area contributed by atoms with E-state index in [4.69, 9.17) is 0 Å². The first-order valence-electron chi connectivity index (χ1n) is 4.88. The Hall–Kier alpha value is -1.87. The molecule has 0 atom stereocenters. The van der Waals surface area contributed by atoms with E-state index in [0.717, 1.165) is 12.3 Å². The molecule has 0 aliphatic heterocycles. The Bertz CT molecular complexity index is 472. The largest absolute Gasteiger partial charge is 0.460 e. The SMILES string of the molecule is O=C(OCC(F)(F)C(F)(F)C(F)(F)F)c1cccnc1. The average molecular weight is 305 g/mol. The van der Waals surface area contributed by atoms with Crippen molar-refractivity contribution in [2.45, 2.75) is 18.0 Å². The number of hydrogen-bond acceptors (Lipinski definition) is 3. The molecule has 10 heteroatoms. The van der Waals surface area contributed by atoms with E-state index in [9.17, 15) is 35.5 Å². The van der Waals surface area contributed by atoms with Crippen LogP contribution in [0.15, 0.2) is 24.5 Å². The highest BCUT2D eigenvalue weighted by atomic mass is 19.4. The highest BCUT2D eigenvalue weighted by Crippen LogP contribution is 2.46. The summed E-state index contributed by atoms with van der Waals surface area (Å²) in [7, 11) is 0. The maximum Gasteiger partial charge on any atom is 0.460 e. The lowest BCUT2D eigenvalue weighted by molar-refractivity contribution is -0.359. The number of ether oxygens (including phenoxy) is 1. The molecule has 0 saturated heterocycles. The quantitative estimate of drug-likeness (QED) is 0.634. The molecule has 0 radical (unpaired) electrons. The summed E-state index contributed by atoms with van der Waals surface area (Å²) in [4.78, 5) is 14.6. The summed E-state index contributed by atoms with van der Waals surface area (Å²) in [5.74, 6) is -13.4. The number of alkyl halides is 7. The molecule has 112 valence electrons. The fourth-order valence-electron chi connectivity index (χ4n) is 1.02. The summed E-state index contributed by atoms with van der Waals surface area (Å²) in [5, 5.41) is 0. The molecule has 0 N–H and O–H groups in total. The van der Waals surface area contributed by atoms with Crippen LogP contribution in [-0.4, -0.2) is 35.6 Å². The lowest BCUT2D eigenvalue weighted by atomic mass is 10.2. The first kappa shape index (κ1) is 16.2. The normalized spacial score (nSPS) is 13.2. The number of hydrogen-bond donors (Lipinski definition) is 0. The van der Waals surface area contributed by atoms with Crippen molar-refractivity contribution in [3.8, 4) is 0 Å². The molecule has 1 heterocycles. The molecule has 0 aromatic carbocycles. The third-order valence-electron chi connectivity index (χ3n) is 2.10. The van der Waals surface area contributed by atoms with Crippen molar-refractivity contribution in [2.75, 3.05) is 6.61 Å². The van der Waals surface area contributed by atoms with Crippen LogP contribution in [0.5, 0.6) is 0 Å². The Kier molecular flexibility index (Phi) is 4.25.